The highest BCUT2D eigenvalue weighted by atomic mass is 32.2. The van der Waals surface area contributed by atoms with E-state index in [1.165, 1.54) is 18.6 Å². The van der Waals surface area contributed by atoms with Gasteiger partial charge in [-0.25, -0.2) is 17.5 Å². The van der Waals surface area contributed by atoms with Crippen LogP contribution < -0.4 is 10.0 Å². The van der Waals surface area contributed by atoms with E-state index in [1.807, 2.05) is 0 Å². The third-order valence-electron chi connectivity index (χ3n) is 3.44. The Morgan fingerprint density at radius 1 is 1.38 bits per heavy atom. The first-order chi connectivity index (χ1) is 10.0. The first kappa shape index (κ1) is 16.7. The van der Waals surface area contributed by atoms with E-state index in [2.05, 4.69) is 10.0 Å². The Balaban J connectivity index is 2.08. The minimum absolute atomic E-state index is 0.268. The predicted octanol–water partition coefficient (Wildman–Crippen LogP) is 2.11. The number of benzene rings is 1. The number of rotatable bonds is 6. The summed E-state index contributed by atoms with van der Waals surface area (Å²) in [4.78, 5) is -0.268. The molecule has 2 N–H and O–H groups in total. The minimum atomic E-state index is -3.80. The number of thioether (sulfide) groups is 1. The van der Waals surface area contributed by atoms with Crippen LogP contribution >= 0.6 is 11.8 Å². The molecule has 4 nitrogen and oxygen atoms in total. The van der Waals surface area contributed by atoms with Crippen molar-refractivity contribution in [2.45, 2.75) is 36.0 Å². The van der Waals surface area contributed by atoms with Crippen LogP contribution in [-0.4, -0.2) is 33.0 Å². The third kappa shape index (κ3) is 4.67. The number of nitrogens with one attached hydrogen (secondary N) is 2. The van der Waals surface area contributed by atoms with Crippen molar-refractivity contribution in [3.63, 3.8) is 0 Å². The molecular weight excluding hydrogens is 311 g/mol. The molecule has 1 saturated heterocycles. The van der Waals surface area contributed by atoms with Gasteiger partial charge in [0.05, 0.1) is 0 Å². The molecule has 0 bridgehead atoms. The lowest BCUT2D eigenvalue weighted by molar-refractivity contribution is 0.552. The number of sulfonamides is 1. The highest BCUT2D eigenvalue weighted by Crippen LogP contribution is 2.25. The summed E-state index contributed by atoms with van der Waals surface area (Å²) in [5, 5.41) is 3.21. The summed E-state index contributed by atoms with van der Waals surface area (Å²) in [6.45, 7) is 0.865. The van der Waals surface area contributed by atoms with Crippen LogP contribution in [0.5, 0.6) is 0 Å². The minimum Gasteiger partial charge on any atom is -0.316 e. The van der Waals surface area contributed by atoms with Gasteiger partial charge < -0.3 is 5.32 Å². The maximum absolute atomic E-state index is 13.8. The van der Waals surface area contributed by atoms with E-state index in [4.69, 9.17) is 0 Å². The molecule has 0 spiro atoms. The Morgan fingerprint density at radius 3 is 2.86 bits per heavy atom. The van der Waals surface area contributed by atoms with Crippen LogP contribution in [-0.2, 0) is 16.6 Å². The van der Waals surface area contributed by atoms with Crippen LogP contribution in [0.3, 0.4) is 0 Å². The molecule has 1 aliphatic heterocycles. The summed E-state index contributed by atoms with van der Waals surface area (Å²) < 4.78 is 40.9. The van der Waals surface area contributed by atoms with Gasteiger partial charge in [-0.15, -0.1) is 0 Å². The van der Waals surface area contributed by atoms with E-state index < -0.39 is 15.8 Å². The van der Waals surface area contributed by atoms with Gasteiger partial charge in [-0.2, -0.15) is 11.8 Å². The normalized spacial score (nSPS) is 19.6. The van der Waals surface area contributed by atoms with E-state index in [1.54, 1.807) is 24.9 Å². The van der Waals surface area contributed by atoms with Crippen molar-refractivity contribution in [3.05, 3.63) is 29.6 Å². The molecule has 2 rings (SSSR count). The first-order valence-corrected chi connectivity index (χ1v) is 9.60. The zero-order valence-electron chi connectivity index (χ0n) is 12.1. The first-order valence-electron chi connectivity index (χ1n) is 7.07. The molecular formula is C14H21FN2O2S2. The average molecular weight is 332 g/mol. The van der Waals surface area contributed by atoms with Crippen molar-refractivity contribution >= 4 is 21.8 Å². The second-order valence-corrected chi connectivity index (χ2v) is 8.28. The van der Waals surface area contributed by atoms with Gasteiger partial charge in [0, 0.05) is 18.3 Å². The maximum Gasteiger partial charge on any atom is 0.243 e. The van der Waals surface area contributed by atoms with Crippen molar-refractivity contribution in [1.82, 2.24) is 10.0 Å². The summed E-state index contributed by atoms with van der Waals surface area (Å²) in [6, 6.07) is 4.18. The molecule has 1 aromatic carbocycles. The Kier molecular flexibility index (Phi) is 6.04. The average Bonchev–Trinajstić information content (AvgIpc) is 2.48. The zero-order valence-corrected chi connectivity index (χ0v) is 13.7. The van der Waals surface area contributed by atoms with Crippen molar-refractivity contribution < 1.29 is 12.8 Å². The van der Waals surface area contributed by atoms with E-state index in [0.717, 1.165) is 24.2 Å². The fourth-order valence-electron chi connectivity index (χ4n) is 2.32. The molecule has 1 aromatic rings. The summed E-state index contributed by atoms with van der Waals surface area (Å²) in [5.41, 5.74) is 0.742. The standard InChI is InChI=1S/C14H21FN2O2S2/c1-16-9-11-5-6-13(15)14(8-11)21(18,19)17-10-12-4-2-3-7-20-12/h5-6,8,12,16-17H,2-4,7,9-10H2,1H3. The lowest BCUT2D eigenvalue weighted by atomic mass is 10.2. The molecule has 7 heteroatoms. The van der Waals surface area contributed by atoms with Gasteiger partial charge in [-0.1, -0.05) is 12.5 Å². The Hall–Kier alpha value is -0.630. The van der Waals surface area contributed by atoms with Crippen LogP contribution in [0.15, 0.2) is 23.1 Å². The highest BCUT2D eigenvalue weighted by molar-refractivity contribution is 8.00. The summed E-state index contributed by atoms with van der Waals surface area (Å²) >= 11 is 1.78. The van der Waals surface area contributed by atoms with Gasteiger partial charge in [0.2, 0.25) is 10.0 Å². The summed E-state index contributed by atoms with van der Waals surface area (Å²) in [6.07, 6.45) is 3.33. The lowest BCUT2D eigenvalue weighted by Gasteiger charge is -2.21. The quantitative estimate of drug-likeness (QED) is 0.838. The molecule has 0 amide bonds. The van der Waals surface area contributed by atoms with Gasteiger partial charge in [0.1, 0.15) is 10.7 Å². The molecule has 118 valence electrons. The molecule has 0 aromatic heterocycles. The molecule has 1 fully saturated rings. The van der Waals surface area contributed by atoms with Crippen LogP contribution in [0.1, 0.15) is 24.8 Å². The van der Waals surface area contributed by atoms with Crippen LogP contribution in [0.4, 0.5) is 4.39 Å². The Labute approximate surface area is 129 Å². The predicted molar refractivity (Wildman–Crippen MR) is 84.4 cm³/mol. The van der Waals surface area contributed by atoms with E-state index in [0.29, 0.717) is 13.1 Å². The SMILES string of the molecule is CNCc1ccc(F)c(S(=O)(=O)NCC2CCCCS2)c1. The largest absolute Gasteiger partial charge is 0.316 e. The summed E-state index contributed by atoms with van der Waals surface area (Å²) in [5.74, 6) is 0.358. The van der Waals surface area contributed by atoms with Crippen LogP contribution in [0, 0.1) is 5.82 Å². The molecule has 0 saturated carbocycles. The molecule has 0 aliphatic carbocycles. The number of halogens is 1. The number of hydrogen-bond donors (Lipinski definition) is 2. The van der Waals surface area contributed by atoms with Gasteiger partial charge in [-0.05, 0) is 43.3 Å². The lowest BCUT2D eigenvalue weighted by Crippen LogP contribution is -2.32. The Bertz CT molecular complexity index is 572. The second kappa shape index (κ2) is 7.58. The fourth-order valence-corrected chi connectivity index (χ4v) is 4.87. The van der Waals surface area contributed by atoms with Gasteiger partial charge in [0.15, 0.2) is 0 Å². The zero-order chi connectivity index (χ0) is 15.3. The molecule has 21 heavy (non-hydrogen) atoms. The van der Waals surface area contributed by atoms with Crippen molar-refractivity contribution in [2.75, 3.05) is 19.3 Å². The smallest absolute Gasteiger partial charge is 0.243 e. The van der Waals surface area contributed by atoms with Crippen molar-refractivity contribution in [3.8, 4) is 0 Å². The topological polar surface area (TPSA) is 58.2 Å². The third-order valence-corrected chi connectivity index (χ3v) is 6.28. The fraction of sp³-hybridized carbons (Fsp3) is 0.571. The van der Waals surface area contributed by atoms with E-state index >= 15 is 0 Å². The Morgan fingerprint density at radius 2 is 2.19 bits per heavy atom. The second-order valence-electron chi connectivity index (χ2n) is 5.14. The monoisotopic (exact) mass is 332 g/mol. The molecule has 1 unspecified atom stereocenters. The van der Waals surface area contributed by atoms with Crippen LogP contribution in [0.2, 0.25) is 0 Å². The van der Waals surface area contributed by atoms with Gasteiger partial charge >= 0.3 is 0 Å². The molecule has 0 radical (unpaired) electrons. The molecule has 1 aliphatic rings. The van der Waals surface area contributed by atoms with Gasteiger partial charge in [-0.3, -0.25) is 0 Å². The van der Waals surface area contributed by atoms with E-state index in [9.17, 15) is 12.8 Å². The van der Waals surface area contributed by atoms with Crippen LogP contribution in [0.25, 0.3) is 0 Å². The van der Waals surface area contributed by atoms with Gasteiger partial charge in [0.25, 0.3) is 0 Å². The maximum atomic E-state index is 13.8. The molecule has 1 atom stereocenters. The number of hydrogen-bond acceptors (Lipinski definition) is 4. The highest BCUT2D eigenvalue weighted by Gasteiger charge is 2.22. The van der Waals surface area contributed by atoms with Crippen molar-refractivity contribution in [2.24, 2.45) is 0 Å². The summed E-state index contributed by atoms with van der Waals surface area (Å²) in [7, 11) is -2.04. The van der Waals surface area contributed by atoms with Crippen molar-refractivity contribution in [1.29, 1.82) is 0 Å². The van der Waals surface area contributed by atoms with E-state index in [-0.39, 0.29) is 10.1 Å². The molecule has 1 heterocycles.